The number of carbonyl (C=O) groups excluding carboxylic acids is 1. The largest absolute Gasteiger partial charge is 0.492 e. The van der Waals surface area contributed by atoms with Gasteiger partial charge in [-0.2, -0.15) is 0 Å². The van der Waals surface area contributed by atoms with E-state index in [1.54, 1.807) is 18.6 Å². The predicted molar refractivity (Wildman–Crippen MR) is 83.6 cm³/mol. The van der Waals surface area contributed by atoms with Crippen molar-refractivity contribution in [2.75, 3.05) is 13.2 Å². The third-order valence-corrected chi connectivity index (χ3v) is 4.43. The van der Waals surface area contributed by atoms with E-state index in [1.165, 1.54) is 0 Å². The Morgan fingerprint density at radius 1 is 1.30 bits per heavy atom. The molecule has 0 N–H and O–H groups in total. The summed E-state index contributed by atoms with van der Waals surface area (Å²) in [5.41, 5.74) is 0. The minimum atomic E-state index is 0.233. The normalized spacial score (nSPS) is 20.7. The first-order valence-electron chi connectivity index (χ1n) is 8.11. The monoisotopic (exact) mass is 312 g/mol. The summed E-state index contributed by atoms with van der Waals surface area (Å²) in [6.45, 7) is 2.71. The van der Waals surface area contributed by atoms with Crippen LogP contribution < -0.4 is 4.74 Å². The van der Waals surface area contributed by atoms with Crippen molar-refractivity contribution in [3.8, 4) is 5.75 Å². The summed E-state index contributed by atoms with van der Waals surface area (Å²) in [5, 5.41) is 0. The lowest BCUT2D eigenvalue weighted by Crippen LogP contribution is -2.36. The van der Waals surface area contributed by atoms with Gasteiger partial charge in [-0.25, -0.2) is 4.98 Å². The molecule has 1 unspecified atom stereocenters. The highest BCUT2D eigenvalue weighted by Gasteiger charge is 2.36. The van der Waals surface area contributed by atoms with E-state index in [9.17, 15) is 4.79 Å². The molecule has 1 aliphatic carbocycles. The second-order valence-corrected chi connectivity index (χ2v) is 6.35. The van der Waals surface area contributed by atoms with E-state index in [2.05, 4.69) is 14.5 Å². The fourth-order valence-electron chi connectivity index (χ4n) is 3.05. The molecule has 0 spiro atoms. The zero-order valence-corrected chi connectivity index (χ0v) is 13.0. The van der Waals surface area contributed by atoms with Crippen LogP contribution in [0.15, 0.2) is 36.9 Å². The Labute approximate surface area is 135 Å². The van der Waals surface area contributed by atoms with Gasteiger partial charge >= 0.3 is 0 Å². The van der Waals surface area contributed by atoms with Crippen LogP contribution in [0, 0.1) is 11.8 Å². The van der Waals surface area contributed by atoms with Crippen molar-refractivity contribution in [2.45, 2.75) is 25.9 Å². The maximum absolute atomic E-state index is 12.5. The number of ether oxygens (including phenoxy) is 1. The van der Waals surface area contributed by atoms with Gasteiger partial charge in [0.15, 0.2) is 0 Å². The molecule has 6 nitrogen and oxygen atoms in total. The van der Waals surface area contributed by atoms with Crippen LogP contribution in [0.1, 0.15) is 18.7 Å². The molecule has 2 aromatic rings. The van der Waals surface area contributed by atoms with Crippen molar-refractivity contribution in [1.29, 1.82) is 0 Å². The van der Waals surface area contributed by atoms with E-state index in [0.29, 0.717) is 13.2 Å². The van der Waals surface area contributed by atoms with E-state index in [4.69, 9.17) is 4.74 Å². The van der Waals surface area contributed by atoms with Gasteiger partial charge in [-0.1, -0.05) is 0 Å². The summed E-state index contributed by atoms with van der Waals surface area (Å²) in [6, 6.07) is 3.76. The number of nitrogens with zero attached hydrogens (tertiary/aromatic N) is 4. The molecule has 4 rings (SSSR count). The van der Waals surface area contributed by atoms with Gasteiger partial charge in [0, 0.05) is 43.5 Å². The summed E-state index contributed by atoms with van der Waals surface area (Å²) in [4.78, 5) is 22.9. The minimum Gasteiger partial charge on any atom is -0.492 e. The molecule has 23 heavy (non-hydrogen) atoms. The standard InChI is InChI=1S/C17H20N4O2/c22-17(14-3-4-14)21-10-13(9-20-7-6-19-16(20)11-21)12-23-15-2-1-5-18-8-15/h1-2,5-8,13-14H,3-4,9-12H2. The maximum atomic E-state index is 12.5. The van der Waals surface area contributed by atoms with Crippen LogP contribution in [0.2, 0.25) is 0 Å². The first kappa shape index (κ1) is 14.2. The second kappa shape index (κ2) is 6.02. The van der Waals surface area contributed by atoms with Gasteiger partial charge in [0.25, 0.3) is 0 Å². The van der Waals surface area contributed by atoms with E-state index in [0.717, 1.165) is 37.5 Å². The Hall–Kier alpha value is -2.37. The molecule has 120 valence electrons. The summed E-state index contributed by atoms with van der Waals surface area (Å²) < 4.78 is 8.00. The molecule has 1 aliphatic heterocycles. The quantitative estimate of drug-likeness (QED) is 0.862. The Kier molecular flexibility index (Phi) is 3.73. The number of fused-ring (bicyclic) bond motifs is 1. The van der Waals surface area contributed by atoms with Crippen LogP contribution in [-0.2, 0) is 17.9 Å². The predicted octanol–water partition coefficient (Wildman–Crippen LogP) is 1.73. The van der Waals surface area contributed by atoms with E-state index >= 15 is 0 Å². The average molecular weight is 312 g/mol. The SMILES string of the molecule is O=C(C1CC1)N1Cc2nccn2CC(COc2cccnc2)C1. The molecule has 6 heteroatoms. The van der Waals surface area contributed by atoms with Crippen LogP contribution in [-0.4, -0.2) is 38.5 Å². The molecule has 0 aromatic carbocycles. The third kappa shape index (κ3) is 3.21. The van der Waals surface area contributed by atoms with Gasteiger partial charge in [-0.3, -0.25) is 9.78 Å². The lowest BCUT2D eigenvalue weighted by molar-refractivity contribution is -0.133. The highest BCUT2D eigenvalue weighted by Crippen LogP contribution is 2.32. The fraction of sp³-hybridized carbons (Fsp3) is 0.471. The van der Waals surface area contributed by atoms with Crippen LogP contribution in [0.5, 0.6) is 5.75 Å². The number of hydrogen-bond donors (Lipinski definition) is 0. The highest BCUT2D eigenvalue weighted by atomic mass is 16.5. The molecule has 1 atom stereocenters. The lowest BCUT2D eigenvalue weighted by atomic mass is 10.1. The van der Waals surface area contributed by atoms with E-state index in [-0.39, 0.29) is 17.7 Å². The molecule has 0 radical (unpaired) electrons. The average Bonchev–Trinajstić information content (AvgIpc) is 3.37. The van der Waals surface area contributed by atoms with Crippen LogP contribution in [0.4, 0.5) is 0 Å². The zero-order chi connectivity index (χ0) is 15.6. The van der Waals surface area contributed by atoms with E-state index < -0.39 is 0 Å². The Bertz CT molecular complexity index is 681. The lowest BCUT2D eigenvalue weighted by Gasteiger charge is -2.24. The van der Waals surface area contributed by atoms with Gasteiger partial charge < -0.3 is 14.2 Å². The van der Waals surface area contributed by atoms with Crippen molar-refractivity contribution >= 4 is 5.91 Å². The van der Waals surface area contributed by atoms with E-state index in [1.807, 2.05) is 23.2 Å². The van der Waals surface area contributed by atoms with Crippen molar-refractivity contribution in [1.82, 2.24) is 19.4 Å². The topological polar surface area (TPSA) is 60.2 Å². The Morgan fingerprint density at radius 2 is 2.22 bits per heavy atom. The number of imidazole rings is 1. The van der Waals surface area contributed by atoms with Gasteiger partial charge in [-0.15, -0.1) is 0 Å². The first-order chi connectivity index (χ1) is 11.3. The summed E-state index contributed by atoms with van der Waals surface area (Å²) >= 11 is 0. The Morgan fingerprint density at radius 3 is 3.00 bits per heavy atom. The number of carbonyl (C=O) groups is 1. The fourth-order valence-corrected chi connectivity index (χ4v) is 3.05. The van der Waals surface area contributed by atoms with Gasteiger partial charge in [0.05, 0.1) is 19.3 Å². The smallest absolute Gasteiger partial charge is 0.226 e. The molecule has 1 fully saturated rings. The minimum absolute atomic E-state index is 0.233. The number of aromatic nitrogens is 3. The number of hydrogen-bond acceptors (Lipinski definition) is 4. The zero-order valence-electron chi connectivity index (χ0n) is 13.0. The van der Waals surface area contributed by atoms with Gasteiger partial charge in [-0.05, 0) is 25.0 Å². The Balaban J connectivity index is 1.48. The molecule has 1 saturated carbocycles. The molecule has 2 aromatic heterocycles. The molecule has 2 aliphatic rings. The highest BCUT2D eigenvalue weighted by molar-refractivity contribution is 5.81. The van der Waals surface area contributed by atoms with Crippen LogP contribution >= 0.6 is 0 Å². The molecular weight excluding hydrogens is 292 g/mol. The maximum Gasteiger partial charge on any atom is 0.226 e. The second-order valence-electron chi connectivity index (χ2n) is 6.35. The third-order valence-electron chi connectivity index (χ3n) is 4.43. The molecule has 0 bridgehead atoms. The molecule has 1 amide bonds. The van der Waals surface area contributed by atoms with Crippen molar-refractivity contribution in [3.05, 3.63) is 42.7 Å². The number of amides is 1. The summed E-state index contributed by atoms with van der Waals surface area (Å²) in [6.07, 6.45) is 9.29. The first-order valence-corrected chi connectivity index (χ1v) is 8.11. The van der Waals surface area contributed by atoms with Gasteiger partial charge in [0.2, 0.25) is 5.91 Å². The number of rotatable bonds is 4. The molecular formula is C17H20N4O2. The van der Waals surface area contributed by atoms with Crippen molar-refractivity contribution in [2.24, 2.45) is 11.8 Å². The summed E-state index contributed by atoms with van der Waals surface area (Å²) in [5.74, 6) is 2.48. The van der Waals surface area contributed by atoms with Crippen molar-refractivity contribution in [3.63, 3.8) is 0 Å². The molecule has 0 saturated heterocycles. The van der Waals surface area contributed by atoms with Gasteiger partial charge in [0.1, 0.15) is 11.6 Å². The van der Waals surface area contributed by atoms with Crippen LogP contribution in [0.25, 0.3) is 0 Å². The molecule has 3 heterocycles. The number of pyridine rings is 1. The summed E-state index contributed by atoms with van der Waals surface area (Å²) in [7, 11) is 0. The van der Waals surface area contributed by atoms with Crippen molar-refractivity contribution < 1.29 is 9.53 Å². The van der Waals surface area contributed by atoms with Crippen LogP contribution in [0.3, 0.4) is 0 Å².